The molecule has 5 aromatic heterocycles. The van der Waals surface area contributed by atoms with Crippen molar-refractivity contribution in [2.45, 2.75) is 38.1 Å². The molecule has 1 fully saturated rings. The number of aryl methyl sites for hydroxylation is 1. The van der Waals surface area contributed by atoms with Crippen LogP contribution >= 0.6 is 0 Å². The average molecular weight is 438 g/mol. The maximum atomic E-state index is 13.9. The number of fused-ring (bicyclic) bond motifs is 3. The quantitative estimate of drug-likeness (QED) is 0.467. The number of H-pyrrole nitrogens is 1. The molecule has 8 heteroatoms. The number of nitrogens with one attached hydrogen (secondary N) is 1. The second kappa shape index (κ2) is 6.78. The predicted octanol–water partition coefficient (Wildman–Crippen LogP) is 3.68. The fourth-order valence-corrected chi connectivity index (χ4v) is 5.08. The highest BCUT2D eigenvalue weighted by molar-refractivity contribution is 6.01. The molecule has 7 rings (SSSR count). The van der Waals surface area contributed by atoms with E-state index in [1.54, 1.807) is 12.5 Å². The number of hydrogen-bond acceptors (Lipinski definition) is 4. The number of nitrogens with zero attached hydrogens (tertiary/aromatic N) is 6. The Morgan fingerprint density at radius 2 is 2.06 bits per heavy atom. The van der Waals surface area contributed by atoms with E-state index >= 15 is 0 Å². The Labute approximate surface area is 189 Å². The first-order valence-corrected chi connectivity index (χ1v) is 11.4. The third-order valence-corrected chi connectivity index (χ3v) is 7.02. The number of rotatable bonds is 3. The average Bonchev–Trinajstić information content (AvgIpc) is 3.22. The number of amides is 1. The standard InChI is InChI=1S/C25H23N7O/c1-15-3-2-9-31-22(15)11-20(29-31)24-23-19(26-14-27-23)8-10-30(24)25(33)18-12-28-32-13-17(16-4-5-16)6-7-21(18)32/h2-3,6-7,9,11-14,16,24H,4-5,8,10H2,1H3,(H,26,27)/t24-/m1/s1. The van der Waals surface area contributed by atoms with Gasteiger partial charge in [0.2, 0.25) is 0 Å². The number of aromatic amines is 1. The topological polar surface area (TPSA) is 83.6 Å². The second-order valence-electron chi connectivity index (χ2n) is 9.13. The number of aromatic nitrogens is 6. The van der Waals surface area contributed by atoms with Crippen LogP contribution in [-0.2, 0) is 6.42 Å². The summed E-state index contributed by atoms with van der Waals surface area (Å²) in [5, 5.41) is 9.35. The number of hydrogen-bond donors (Lipinski definition) is 1. The van der Waals surface area contributed by atoms with Crippen molar-refractivity contribution >= 4 is 16.9 Å². The summed E-state index contributed by atoms with van der Waals surface area (Å²) in [6, 6.07) is 9.93. The first kappa shape index (κ1) is 18.6. The molecule has 5 aromatic rings. The van der Waals surface area contributed by atoms with E-state index in [1.807, 2.05) is 32.3 Å². The SMILES string of the molecule is Cc1cccn2nc([C@@H]3c4nc[nH]c4CCN3C(=O)c3cnn4cc(C5CC5)ccc34)cc12. The van der Waals surface area contributed by atoms with E-state index < -0.39 is 0 Å². The Hall–Kier alpha value is -3.94. The van der Waals surface area contributed by atoms with Crippen molar-refractivity contribution in [3.63, 3.8) is 0 Å². The lowest BCUT2D eigenvalue weighted by Gasteiger charge is -2.33. The van der Waals surface area contributed by atoms with Gasteiger partial charge in [-0.3, -0.25) is 4.79 Å². The van der Waals surface area contributed by atoms with Crippen LogP contribution in [0, 0.1) is 6.92 Å². The van der Waals surface area contributed by atoms with E-state index in [9.17, 15) is 4.79 Å². The molecule has 1 aliphatic carbocycles. The Balaban J connectivity index is 1.33. The summed E-state index contributed by atoms with van der Waals surface area (Å²) in [7, 11) is 0. The van der Waals surface area contributed by atoms with Gasteiger partial charge in [-0.2, -0.15) is 10.2 Å². The molecular weight excluding hydrogens is 414 g/mol. The lowest BCUT2D eigenvalue weighted by atomic mass is 9.98. The lowest BCUT2D eigenvalue weighted by molar-refractivity contribution is 0.0689. The van der Waals surface area contributed by atoms with Crippen LogP contribution in [0.1, 0.15) is 63.4 Å². The zero-order chi connectivity index (χ0) is 22.1. The number of pyridine rings is 2. The molecule has 33 heavy (non-hydrogen) atoms. The highest BCUT2D eigenvalue weighted by Gasteiger charge is 2.37. The maximum absolute atomic E-state index is 13.9. The lowest BCUT2D eigenvalue weighted by Crippen LogP contribution is -2.41. The first-order chi connectivity index (χ1) is 16.2. The van der Waals surface area contributed by atoms with E-state index in [2.05, 4.69) is 46.4 Å². The van der Waals surface area contributed by atoms with Gasteiger partial charge in [-0.25, -0.2) is 14.0 Å². The van der Waals surface area contributed by atoms with Crippen LogP contribution in [0.2, 0.25) is 0 Å². The molecule has 1 atom stereocenters. The van der Waals surface area contributed by atoms with Gasteiger partial charge in [-0.15, -0.1) is 0 Å². The highest BCUT2D eigenvalue weighted by atomic mass is 16.2. The van der Waals surface area contributed by atoms with E-state index in [-0.39, 0.29) is 11.9 Å². The molecule has 0 unspecified atom stereocenters. The smallest absolute Gasteiger partial charge is 0.258 e. The van der Waals surface area contributed by atoms with Crippen LogP contribution in [-0.4, -0.2) is 46.5 Å². The van der Waals surface area contributed by atoms with Crippen LogP contribution in [0.5, 0.6) is 0 Å². The van der Waals surface area contributed by atoms with Crippen molar-refractivity contribution in [2.75, 3.05) is 6.54 Å². The van der Waals surface area contributed by atoms with Crippen molar-refractivity contribution in [1.29, 1.82) is 0 Å². The van der Waals surface area contributed by atoms with Gasteiger partial charge in [0.15, 0.2) is 0 Å². The summed E-state index contributed by atoms with van der Waals surface area (Å²) >= 11 is 0. The molecule has 2 aliphatic rings. The number of carbonyl (C=O) groups excluding carboxylic acids is 1. The molecule has 1 amide bonds. The summed E-state index contributed by atoms with van der Waals surface area (Å²) < 4.78 is 3.72. The van der Waals surface area contributed by atoms with Crippen LogP contribution in [0.3, 0.4) is 0 Å². The van der Waals surface area contributed by atoms with Crippen LogP contribution in [0.25, 0.3) is 11.0 Å². The Kier molecular flexibility index (Phi) is 3.82. The number of imidazole rings is 1. The molecule has 1 aliphatic heterocycles. The van der Waals surface area contributed by atoms with E-state index in [0.29, 0.717) is 18.0 Å². The molecule has 6 heterocycles. The summed E-state index contributed by atoms with van der Waals surface area (Å²) in [5.41, 5.74) is 7.66. The number of carbonyl (C=O) groups is 1. The van der Waals surface area contributed by atoms with E-state index in [4.69, 9.17) is 5.10 Å². The van der Waals surface area contributed by atoms with Gasteiger partial charge < -0.3 is 9.88 Å². The van der Waals surface area contributed by atoms with Gasteiger partial charge in [0.1, 0.15) is 6.04 Å². The molecule has 0 saturated heterocycles. The molecule has 0 bridgehead atoms. The molecule has 1 N–H and O–H groups in total. The van der Waals surface area contributed by atoms with Crippen molar-refractivity contribution in [3.8, 4) is 0 Å². The molecule has 0 spiro atoms. The minimum atomic E-state index is -0.354. The molecular formula is C25H23N7O. The van der Waals surface area contributed by atoms with Gasteiger partial charge in [0, 0.05) is 31.1 Å². The summed E-state index contributed by atoms with van der Waals surface area (Å²) in [6.45, 7) is 2.66. The third-order valence-electron chi connectivity index (χ3n) is 7.02. The summed E-state index contributed by atoms with van der Waals surface area (Å²) in [6.07, 6.45) is 10.6. The van der Waals surface area contributed by atoms with Crippen LogP contribution in [0.15, 0.2) is 55.2 Å². The fourth-order valence-electron chi connectivity index (χ4n) is 5.08. The largest absolute Gasteiger partial charge is 0.348 e. The van der Waals surface area contributed by atoms with Crippen LogP contribution in [0.4, 0.5) is 0 Å². The van der Waals surface area contributed by atoms with E-state index in [1.165, 1.54) is 18.4 Å². The van der Waals surface area contributed by atoms with Crippen molar-refractivity contribution < 1.29 is 4.79 Å². The molecule has 0 aromatic carbocycles. The fraction of sp³-hybridized carbons (Fsp3) is 0.280. The second-order valence-corrected chi connectivity index (χ2v) is 9.13. The normalized spacial score (nSPS) is 18.2. The highest BCUT2D eigenvalue weighted by Crippen LogP contribution is 2.40. The van der Waals surface area contributed by atoms with E-state index in [0.717, 1.165) is 40.1 Å². The van der Waals surface area contributed by atoms with Gasteiger partial charge in [0.25, 0.3) is 5.91 Å². The minimum absolute atomic E-state index is 0.0448. The predicted molar refractivity (Wildman–Crippen MR) is 122 cm³/mol. The van der Waals surface area contributed by atoms with Gasteiger partial charge >= 0.3 is 0 Å². The Bertz CT molecular complexity index is 1540. The Morgan fingerprint density at radius 3 is 2.91 bits per heavy atom. The van der Waals surface area contributed by atoms with Crippen molar-refractivity contribution in [3.05, 3.63) is 89.0 Å². The van der Waals surface area contributed by atoms with Gasteiger partial charge in [0.05, 0.1) is 40.5 Å². The monoisotopic (exact) mass is 437 g/mol. The molecule has 8 nitrogen and oxygen atoms in total. The van der Waals surface area contributed by atoms with Gasteiger partial charge in [-0.1, -0.05) is 12.1 Å². The molecule has 0 radical (unpaired) electrons. The first-order valence-electron chi connectivity index (χ1n) is 11.4. The Morgan fingerprint density at radius 1 is 1.15 bits per heavy atom. The zero-order valence-corrected chi connectivity index (χ0v) is 18.3. The zero-order valence-electron chi connectivity index (χ0n) is 18.3. The van der Waals surface area contributed by atoms with Crippen molar-refractivity contribution in [1.82, 2.24) is 34.1 Å². The maximum Gasteiger partial charge on any atom is 0.258 e. The molecule has 1 saturated carbocycles. The van der Waals surface area contributed by atoms with Crippen LogP contribution < -0.4 is 0 Å². The minimum Gasteiger partial charge on any atom is -0.348 e. The molecule has 164 valence electrons. The summed E-state index contributed by atoms with van der Waals surface area (Å²) in [5.74, 6) is 0.595. The summed E-state index contributed by atoms with van der Waals surface area (Å²) in [4.78, 5) is 23.6. The third kappa shape index (κ3) is 2.83. The van der Waals surface area contributed by atoms with Crippen molar-refractivity contribution in [2.24, 2.45) is 0 Å². The van der Waals surface area contributed by atoms with Gasteiger partial charge in [-0.05, 0) is 55.0 Å².